The van der Waals surface area contributed by atoms with Gasteiger partial charge in [0, 0.05) is 24.3 Å². The molecule has 2 amide bonds. The van der Waals surface area contributed by atoms with Crippen LogP contribution in [0.3, 0.4) is 0 Å². The maximum atomic E-state index is 12.6. The summed E-state index contributed by atoms with van der Waals surface area (Å²) in [5.74, 6) is 0.555. The van der Waals surface area contributed by atoms with Crippen molar-refractivity contribution in [3.8, 4) is 0 Å². The van der Waals surface area contributed by atoms with E-state index in [1.165, 1.54) is 0 Å². The van der Waals surface area contributed by atoms with Gasteiger partial charge in [-0.25, -0.2) is 9.78 Å². The monoisotopic (exact) mass is 317 g/mol. The highest BCUT2D eigenvalue weighted by molar-refractivity contribution is 6.05. The molecule has 3 heterocycles. The fraction of sp³-hybridized carbons (Fsp3) is 0.588. The van der Waals surface area contributed by atoms with Crippen LogP contribution in [0.2, 0.25) is 0 Å². The summed E-state index contributed by atoms with van der Waals surface area (Å²) in [6.45, 7) is 8.37. The average molecular weight is 317 g/mol. The van der Waals surface area contributed by atoms with Crippen molar-refractivity contribution in [2.24, 2.45) is 0 Å². The number of rotatable bonds is 0. The van der Waals surface area contributed by atoms with Gasteiger partial charge in [0.1, 0.15) is 11.4 Å². The van der Waals surface area contributed by atoms with Gasteiger partial charge in [-0.2, -0.15) is 0 Å². The molecule has 0 aromatic carbocycles. The van der Waals surface area contributed by atoms with Crippen LogP contribution in [0.4, 0.5) is 10.6 Å². The van der Waals surface area contributed by atoms with Gasteiger partial charge in [0.05, 0.1) is 5.41 Å². The lowest BCUT2D eigenvalue weighted by Crippen LogP contribution is -2.52. The summed E-state index contributed by atoms with van der Waals surface area (Å²) < 4.78 is 5.46. The van der Waals surface area contributed by atoms with Crippen molar-refractivity contribution in [1.29, 1.82) is 0 Å². The summed E-state index contributed by atoms with van der Waals surface area (Å²) in [5, 5.41) is 2.88. The number of nitrogens with one attached hydrogen (secondary N) is 1. The molecule has 1 aromatic heterocycles. The largest absolute Gasteiger partial charge is 0.444 e. The third-order valence-corrected chi connectivity index (χ3v) is 4.36. The van der Waals surface area contributed by atoms with E-state index < -0.39 is 11.0 Å². The molecule has 6 nitrogen and oxygen atoms in total. The lowest BCUT2D eigenvalue weighted by molar-refractivity contribution is -0.122. The quantitative estimate of drug-likeness (QED) is 0.798. The first-order valence-electron chi connectivity index (χ1n) is 7.99. The molecule has 1 unspecified atom stereocenters. The number of hydrogen-bond donors (Lipinski definition) is 1. The zero-order valence-corrected chi connectivity index (χ0v) is 14.1. The second-order valence-electron chi connectivity index (χ2n) is 7.39. The topological polar surface area (TPSA) is 71.5 Å². The van der Waals surface area contributed by atoms with Gasteiger partial charge in [-0.1, -0.05) is 6.07 Å². The van der Waals surface area contributed by atoms with Crippen molar-refractivity contribution < 1.29 is 14.3 Å². The van der Waals surface area contributed by atoms with Gasteiger partial charge in [0.2, 0.25) is 5.91 Å². The third-order valence-electron chi connectivity index (χ3n) is 4.36. The Hall–Kier alpha value is -2.11. The van der Waals surface area contributed by atoms with Crippen molar-refractivity contribution in [2.75, 3.05) is 18.4 Å². The number of aryl methyl sites for hydroxylation is 1. The van der Waals surface area contributed by atoms with E-state index in [2.05, 4.69) is 10.3 Å². The van der Waals surface area contributed by atoms with E-state index in [9.17, 15) is 9.59 Å². The maximum Gasteiger partial charge on any atom is 0.410 e. The molecular formula is C17H23N3O3. The Bertz CT molecular complexity index is 666. The van der Waals surface area contributed by atoms with Crippen molar-refractivity contribution >= 4 is 17.8 Å². The van der Waals surface area contributed by atoms with Crippen LogP contribution in [0.5, 0.6) is 0 Å². The van der Waals surface area contributed by atoms with Gasteiger partial charge in [0.25, 0.3) is 0 Å². The van der Waals surface area contributed by atoms with E-state index in [0.29, 0.717) is 18.9 Å². The highest BCUT2D eigenvalue weighted by Gasteiger charge is 2.51. The summed E-state index contributed by atoms with van der Waals surface area (Å²) in [4.78, 5) is 31.1. The summed E-state index contributed by atoms with van der Waals surface area (Å²) in [5.41, 5.74) is 0.503. The van der Waals surface area contributed by atoms with Crippen LogP contribution in [0.15, 0.2) is 12.1 Å². The number of anilines is 1. The minimum Gasteiger partial charge on any atom is -0.444 e. The Kier molecular flexibility index (Phi) is 3.58. The van der Waals surface area contributed by atoms with Crippen LogP contribution in [0, 0.1) is 6.92 Å². The van der Waals surface area contributed by atoms with E-state index in [1.54, 1.807) is 4.90 Å². The number of aromatic nitrogens is 1. The number of piperidine rings is 1. The summed E-state index contributed by atoms with van der Waals surface area (Å²) in [6.07, 6.45) is 1.12. The number of fused-ring (bicyclic) bond motifs is 2. The highest BCUT2D eigenvalue weighted by atomic mass is 16.6. The van der Waals surface area contributed by atoms with E-state index in [-0.39, 0.29) is 12.0 Å². The van der Waals surface area contributed by atoms with Crippen molar-refractivity contribution in [1.82, 2.24) is 9.88 Å². The molecule has 1 fully saturated rings. The normalized spacial score (nSPS) is 23.7. The fourth-order valence-corrected chi connectivity index (χ4v) is 3.33. The van der Waals surface area contributed by atoms with Crippen molar-refractivity contribution in [3.63, 3.8) is 0 Å². The highest BCUT2D eigenvalue weighted by Crippen LogP contribution is 2.43. The fourth-order valence-electron chi connectivity index (χ4n) is 3.33. The van der Waals surface area contributed by atoms with Crippen molar-refractivity contribution in [2.45, 2.75) is 51.6 Å². The molecule has 1 aromatic rings. The molecule has 3 rings (SSSR count). The Morgan fingerprint density at radius 1 is 1.39 bits per heavy atom. The molecule has 124 valence electrons. The van der Waals surface area contributed by atoms with E-state index in [1.807, 2.05) is 39.8 Å². The minimum atomic E-state index is -0.703. The minimum absolute atomic E-state index is 0.0705. The zero-order chi connectivity index (χ0) is 16.8. The molecule has 0 saturated carbocycles. The van der Waals surface area contributed by atoms with Gasteiger partial charge in [-0.05, 0) is 46.6 Å². The molecule has 1 saturated heterocycles. The van der Waals surface area contributed by atoms with E-state index >= 15 is 0 Å². The van der Waals surface area contributed by atoms with E-state index in [0.717, 1.165) is 24.1 Å². The number of carbonyl (C=O) groups excluding carboxylic acids is 2. The lowest BCUT2D eigenvalue weighted by Gasteiger charge is -2.39. The second-order valence-corrected chi connectivity index (χ2v) is 7.39. The first-order chi connectivity index (χ1) is 10.7. The summed E-state index contributed by atoms with van der Waals surface area (Å²) >= 11 is 0. The Balaban J connectivity index is 1.89. The van der Waals surface area contributed by atoms with Gasteiger partial charge >= 0.3 is 6.09 Å². The van der Waals surface area contributed by atoms with Gasteiger partial charge in [0.15, 0.2) is 0 Å². The zero-order valence-electron chi connectivity index (χ0n) is 14.1. The number of pyridine rings is 1. The number of amides is 2. The number of likely N-dealkylation sites (tertiary alicyclic amines) is 1. The van der Waals surface area contributed by atoms with Gasteiger partial charge in [-0.15, -0.1) is 0 Å². The molecule has 1 spiro atoms. The predicted octanol–water partition coefficient (Wildman–Crippen LogP) is 2.61. The molecule has 1 atom stereocenters. The number of ether oxygens (including phenoxy) is 1. The number of carbonyl (C=O) groups is 2. The number of nitrogens with zero attached hydrogens (tertiary/aromatic N) is 2. The molecule has 2 aliphatic rings. The van der Waals surface area contributed by atoms with Crippen LogP contribution in [0.1, 0.15) is 44.9 Å². The molecule has 0 radical (unpaired) electrons. The Morgan fingerprint density at radius 3 is 2.83 bits per heavy atom. The lowest BCUT2D eigenvalue weighted by atomic mass is 9.75. The summed E-state index contributed by atoms with van der Waals surface area (Å²) in [6, 6.07) is 3.86. The number of hydrogen-bond acceptors (Lipinski definition) is 4. The first kappa shape index (κ1) is 15.8. The van der Waals surface area contributed by atoms with E-state index in [4.69, 9.17) is 4.74 Å². The molecule has 2 aliphatic heterocycles. The molecule has 23 heavy (non-hydrogen) atoms. The molecule has 0 bridgehead atoms. The molecule has 6 heteroatoms. The van der Waals surface area contributed by atoms with Crippen LogP contribution in [-0.2, 0) is 14.9 Å². The summed E-state index contributed by atoms with van der Waals surface area (Å²) in [7, 11) is 0. The van der Waals surface area contributed by atoms with Crippen LogP contribution >= 0.6 is 0 Å². The maximum absolute atomic E-state index is 12.6. The SMILES string of the molecule is Cc1ccc2c(n1)NC(=O)C21CCCN(C(=O)OC(C)(C)C)C1. The van der Waals surface area contributed by atoms with Gasteiger partial charge < -0.3 is 15.0 Å². The van der Waals surface area contributed by atoms with Crippen LogP contribution < -0.4 is 5.32 Å². The average Bonchev–Trinajstić information content (AvgIpc) is 2.69. The molecule has 0 aliphatic carbocycles. The standard InChI is InChI=1S/C17H23N3O3/c1-11-6-7-12-13(18-11)19-14(21)17(12)8-5-9-20(10-17)15(22)23-16(2,3)4/h6-7H,5,8-10H2,1-4H3,(H,18,19,21). The first-order valence-corrected chi connectivity index (χ1v) is 7.99. The predicted molar refractivity (Wildman–Crippen MR) is 86.3 cm³/mol. The third kappa shape index (κ3) is 2.78. The smallest absolute Gasteiger partial charge is 0.410 e. The van der Waals surface area contributed by atoms with Gasteiger partial charge in [-0.3, -0.25) is 4.79 Å². The van der Waals surface area contributed by atoms with Crippen LogP contribution in [-0.4, -0.2) is 40.6 Å². The Morgan fingerprint density at radius 2 is 2.13 bits per heavy atom. The van der Waals surface area contributed by atoms with Crippen molar-refractivity contribution in [3.05, 3.63) is 23.4 Å². The second kappa shape index (κ2) is 5.22. The Labute approximate surface area is 136 Å². The van der Waals surface area contributed by atoms with Crippen LogP contribution in [0.25, 0.3) is 0 Å². The molecular weight excluding hydrogens is 294 g/mol. The molecule has 1 N–H and O–H groups in total.